The van der Waals surface area contributed by atoms with E-state index in [9.17, 15) is 4.79 Å². The van der Waals surface area contributed by atoms with Crippen LogP contribution in [0.3, 0.4) is 0 Å². The average Bonchev–Trinajstić information content (AvgIpc) is 3.00. The normalized spacial score (nSPS) is 14.5. The van der Waals surface area contributed by atoms with Crippen LogP contribution in [-0.4, -0.2) is 34.0 Å². The summed E-state index contributed by atoms with van der Waals surface area (Å²) in [6.07, 6.45) is 0. The molecule has 1 fully saturated rings. The first kappa shape index (κ1) is 14.6. The first-order chi connectivity index (χ1) is 11.7. The van der Waals surface area contributed by atoms with Crippen LogP contribution in [0.5, 0.6) is 0 Å². The maximum atomic E-state index is 12.5. The highest BCUT2D eigenvalue weighted by atomic mass is 16.5. The van der Waals surface area contributed by atoms with Crippen LogP contribution in [0.2, 0.25) is 0 Å². The van der Waals surface area contributed by atoms with Crippen LogP contribution in [0.4, 0.5) is 0 Å². The Morgan fingerprint density at radius 3 is 2.33 bits per heavy atom. The van der Waals surface area contributed by atoms with Gasteiger partial charge in [-0.25, -0.2) is 0 Å². The summed E-state index contributed by atoms with van der Waals surface area (Å²) in [4.78, 5) is 18.6. The lowest BCUT2D eigenvalue weighted by Gasteiger charge is -2.37. The van der Waals surface area contributed by atoms with Crippen LogP contribution in [0, 0.1) is 6.92 Å². The predicted octanol–water partition coefficient (Wildman–Crippen LogP) is 3.28. The zero-order valence-corrected chi connectivity index (χ0v) is 13.3. The van der Waals surface area contributed by atoms with Crippen LogP contribution >= 0.6 is 0 Å². The lowest BCUT2D eigenvalue weighted by atomic mass is 9.98. The third-order valence-corrected chi connectivity index (χ3v) is 4.30. The largest absolute Gasteiger partial charge is 0.339 e. The molecule has 4 rings (SSSR count). The Balaban J connectivity index is 1.42. The van der Waals surface area contributed by atoms with Crippen molar-refractivity contribution in [2.75, 3.05) is 13.1 Å². The second kappa shape index (κ2) is 5.92. The molecule has 5 nitrogen and oxygen atoms in total. The number of nitrogens with zero attached hydrogens (tertiary/aromatic N) is 3. The number of carbonyl (C=O) groups excluding carboxylic acids is 1. The molecule has 1 aromatic heterocycles. The van der Waals surface area contributed by atoms with Gasteiger partial charge in [-0.05, 0) is 30.2 Å². The van der Waals surface area contributed by atoms with Gasteiger partial charge < -0.3 is 9.42 Å². The van der Waals surface area contributed by atoms with Crippen LogP contribution in [-0.2, 0) is 0 Å². The molecule has 1 aliphatic heterocycles. The Morgan fingerprint density at radius 1 is 1.04 bits per heavy atom. The van der Waals surface area contributed by atoms with Crippen molar-refractivity contribution in [2.24, 2.45) is 0 Å². The zero-order valence-electron chi connectivity index (χ0n) is 13.3. The van der Waals surface area contributed by atoms with E-state index in [1.165, 1.54) is 0 Å². The number of rotatable bonds is 3. The number of carbonyl (C=O) groups is 1. The standard InChI is InChI=1S/C19H17N3O2/c1-13-20-18(24-21-13)17-11-22(12-17)19(23)16-9-7-15(8-10-16)14-5-3-2-4-6-14/h2-10,17H,11-12H2,1H3. The minimum atomic E-state index is 0.0436. The molecule has 0 spiro atoms. The topological polar surface area (TPSA) is 59.2 Å². The maximum absolute atomic E-state index is 12.5. The molecule has 2 aromatic carbocycles. The molecule has 120 valence electrons. The molecule has 5 heteroatoms. The summed E-state index contributed by atoms with van der Waals surface area (Å²) in [5, 5.41) is 3.80. The van der Waals surface area contributed by atoms with Gasteiger partial charge in [0, 0.05) is 18.7 Å². The van der Waals surface area contributed by atoms with E-state index >= 15 is 0 Å². The Morgan fingerprint density at radius 2 is 1.71 bits per heavy atom. The molecule has 24 heavy (non-hydrogen) atoms. The third kappa shape index (κ3) is 2.69. The smallest absolute Gasteiger partial charge is 0.253 e. The lowest BCUT2D eigenvalue weighted by molar-refractivity contribution is 0.0569. The summed E-state index contributed by atoms with van der Waals surface area (Å²) in [7, 11) is 0. The minimum Gasteiger partial charge on any atom is -0.339 e. The van der Waals surface area contributed by atoms with Crippen molar-refractivity contribution in [2.45, 2.75) is 12.8 Å². The molecule has 1 aliphatic rings. The monoisotopic (exact) mass is 319 g/mol. The molecule has 0 aliphatic carbocycles. The van der Waals surface area contributed by atoms with Gasteiger partial charge in [-0.15, -0.1) is 0 Å². The van der Waals surface area contributed by atoms with E-state index in [0.29, 0.717) is 30.4 Å². The van der Waals surface area contributed by atoms with Crippen molar-refractivity contribution in [3.63, 3.8) is 0 Å². The summed E-state index contributed by atoms with van der Waals surface area (Å²) < 4.78 is 5.17. The SMILES string of the molecule is Cc1noc(C2CN(C(=O)c3ccc(-c4ccccc4)cc3)C2)n1. The fourth-order valence-electron chi connectivity index (χ4n) is 2.90. The zero-order chi connectivity index (χ0) is 16.5. The number of aromatic nitrogens is 2. The molecule has 0 bridgehead atoms. The highest BCUT2D eigenvalue weighted by molar-refractivity contribution is 5.95. The summed E-state index contributed by atoms with van der Waals surface area (Å²) in [6.45, 7) is 3.05. The fraction of sp³-hybridized carbons (Fsp3) is 0.211. The number of hydrogen-bond donors (Lipinski definition) is 0. The molecular weight excluding hydrogens is 302 g/mol. The van der Waals surface area contributed by atoms with Crippen molar-refractivity contribution < 1.29 is 9.32 Å². The second-order valence-electron chi connectivity index (χ2n) is 6.03. The number of benzene rings is 2. The Bertz CT molecular complexity index is 850. The fourth-order valence-corrected chi connectivity index (χ4v) is 2.90. The molecule has 1 amide bonds. The molecule has 0 N–H and O–H groups in total. The molecule has 0 saturated carbocycles. The Hall–Kier alpha value is -2.95. The number of amides is 1. The van der Waals surface area contributed by atoms with Crippen molar-refractivity contribution in [1.82, 2.24) is 15.0 Å². The van der Waals surface area contributed by atoms with Gasteiger partial charge in [-0.1, -0.05) is 47.6 Å². The van der Waals surface area contributed by atoms with Gasteiger partial charge in [-0.3, -0.25) is 4.79 Å². The van der Waals surface area contributed by atoms with Crippen LogP contribution in [0.15, 0.2) is 59.1 Å². The quantitative estimate of drug-likeness (QED) is 0.743. The van der Waals surface area contributed by atoms with Crippen molar-refractivity contribution in [3.8, 4) is 11.1 Å². The van der Waals surface area contributed by atoms with Crippen LogP contribution in [0.1, 0.15) is 28.0 Å². The van der Waals surface area contributed by atoms with E-state index < -0.39 is 0 Å². The van der Waals surface area contributed by atoms with Gasteiger partial charge in [0.1, 0.15) is 0 Å². The molecule has 0 unspecified atom stereocenters. The van der Waals surface area contributed by atoms with Gasteiger partial charge in [-0.2, -0.15) is 4.98 Å². The molecule has 1 saturated heterocycles. The summed E-state index contributed by atoms with van der Waals surface area (Å²) in [5.41, 5.74) is 2.96. The number of hydrogen-bond acceptors (Lipinski definition) is 4. The van der Waals surface area contributed by atoms with Gasteiger partial charge in [0.25, 0.3) is 5.91 Å². The van der Waals surface area contributed by atoms with E-state index in [1.54, 1.807) is 6.92 Å². The molecule has 0 radical (unpaired) electrons. The lowest BCUT2D eigenvalue weighted by Crippen LogP contribution is -2.48. The third-order valence-electron chi connectivity index (χ3n) is 4.30. The highest BCUT2D eigenvalue weighted by Crippen LogP contribution is 2.27. The van der Waals surface area contributed by atoms with E-state index in [0.717, 1.165) is 11.1 Å². The molecule has 2 heterocycles. The predicted molar refractivity (Wildman–Crippen MR) is 89.6 cm³/mol. The summed E-state index contributed by atoms with van der Waals surface area (Å²) >= 11 is 0. The first-order valence-electron chi connectivity index (χ1n) is 7.95. The van der Waals surface area contributed by atoms with Crippen LogP contribution in [0.25, 0.3) is 11.1 Å². The Kier molecular flexibility index (Phi) is 3.61. The van der Waals surface area contributed by atoms with Gasteiger partial charge in [0.05, 0.1) is 5.92 Å². The van der Waals surface area contributed by atoms with Gasteiger partial charge in [0.15, 0.2) is 5.82 Å². The molecule has 0 atom stereocenters. The highest BCUT2D eigenvalue weighted by Gasteiger charge is 2.35. The minimum absolute atomic E-state index is 0.0436. The molecular formula is C19H17N3O2. The van der Waals surface area contributed by atoms with Crippen molar-refractivity contribution in [3.05, 3.63) is 71.9 Å². The molecule has 3 aromatic rings. The van der Waals surface area contributed by atoms with Crippen molar-refractivity contribution >= 4 is 5.91 Å². The van der Waals surface area contributed by atoms with E-state index in [4.69, 9.17) is 4.52 Å². The average molecular weight is 319 g/mol. The van der Waals surface area contributed by atoms with E-state index in [1.807, 2.05) is 47.4 Å². The first-order valence-corrected chi connectivity index (χ1v) is 7.95. The van der Waals surface area contributed by atoms with Gasteiger partial charge >= 0.3 is 0 Å². The van der Waals surface area contributed by atoms with Crippen LogP contribution < -0.4 is 0 Å². The van der Waals surface area contributed by atoms with E-state index in [-0.39, 0.29) is 11.8 Å². The summed E-state index contributed by atoms with van der Waals surface area (Å²) in [5.74, 6) is 1.45. The second-order valence-corrected chi connectivity index (χ2v) is 6.03. The number of aryl methyl sites for hydroxylation is 1. The number of likely N-dealkylation sites (tertiary alicyclic amines) is 1. The van der Waals surface area contributed by atoms with Crippen molar-refractivity contribution in [1.29, 1.82) is 0 Å². The maximum Gasteiger partial charge on any atom is 0.253 e. The van der Waals surface area contributed by atoms with Gasteiger partial charge in [0.2, 0.25) is 5.89 Å². The Labute approximate surface area is 139 Å². The van der Waals surface area contributed by atoms with E-state index in [2.05, 4.69) is 22.3 Å². The summed E-state index contributed by atoms with van der Waals surface area (Å²) in [6, 6.07) is 17.9.